The summed E-state index contributed by atoms with van der Waals surface area (Å²) in [5.74, 6) is -2.80. The van der Waals surface area contributed by atoms with Gasteiger partial charge in [0.25, 0.3) is 0 Å². The van der Waals surface area contributed by atoms with Crippen molar-refractivity contribution in [3.05, 3.63) is 29.8 Å². The smallest absolute Gasteiger partial charge is 0.318 e. The summed E-state index contributed by atoms with van der Waals surface area (Å²) in [6.45, 7) is -1.00. The van der Waals surface area contributed by atoms with Crippen molar-refractivity contribution in [3.63, 3.8) is 0 Å². The zero-order valence-electron chi connectivity index (χ0n) is 12.2. The van der Waals surface area contributed by atoms with E-state index < -0.39 is 56.0 Å². The number of aliphatic carboxylic acids is 1. The molecule has 0 amide bonds. The summed E-state index contributed by atoms with van der Waals surface area (Å²) in [5, 5.41) is 27.7. The van der Waals surface area contributed by atoms with Crippen LogP contribution in [0.5, 0.6) is 0 Å². The van der Waals surface area contributed by atoms with E-state index in [-0.39, 0.29) is 10.5 Å². The predicted molar refractivity (Wildman–Crippen MR) is 81.1 cm³/mol. The first-order valence-corrected chi connectivity index (χ1v) is 9.95. The van der Waals surface area contributed by atoms with Crippen molar-refractivity contribution in [3.8, 4) is 6.07 Å². The van der Waals surface area contributed by atoms with Gasteiger partial charge in [-0.1, -0.05) is 6.07 Å². The molecule has 1 aliphatic heterocycles. The van der Waals surface area contributed by atoms with Crippen LogP contribution in [0.3, 0.4) is 0 Å². The lowest BCUT2D eigenvalue weighted by atomic mass is 10.2. The van der Waals surface area contributed by atoms with Gasteiger partial charge in [-0.05, 0) is 18.2 Å². The third-order valence-corrected chi connectivity index (χ3v) is 7.09. The molecule has 0 radical (unpaired) electrons. The molecule has 2 N–H and O–H groups in total. The zero-order valence-corrected chi connectivity index (χ0v) is 13.9. The zero-order chi connectivity index (χ0) is 18.1. The van der Waals surface area contributed by atoms with E-state index in [2.05, 4.69) is 0 Å². The summed E-state index contributed by atoms with van der Waals surface area (Å²) in [5.41, 5.74) is 0.0472. The molecule has 0 saturated carbocycles. The van der Waals surface area contributed by atoms with Gasteiger partial charge in [0, 0.05) is 0 Å². The highest BCUT2D eigenvalue weighted by Crippen LogP contribution is 2.25. The number of benzene rings is 1. The largest absolute Gasteiger partial charge is 0.480 e. The highest BCUT2D eigenvalue weighted by molar-refractivity contribution is 7.92. The number of rotatable bonds is 5. The molecule has 1 heterocycles. The maximum absolute atomic E-state index is 12.7. The van der Waals surface area contributed by atoms with Crippen molar-refractivity contribution in [1.82, 2.24) is 4.31 Å². The van der Waals surface area contributed by atoms with Gasteiger partial charge < -0.3 is 10.2 Å². The third-order valence-electron chi connectivity index (χ3n) is 3.52. The fourth-order valence-electron chi connectivity index (χ4n) is 2.46. The van der Waals surface area contributed by atoms with E-state index in [0.717, 1.165) is 6.07 Å². The number of carbonyl (C=O) groups is 1. The van der Waals surface area contributed by atoms with Crippen LogP contribution in [0, 0.1) is 11.3 Å². The Hall–Kier alpha value is -2.00. The average Bonchev–Trinajstić information content (AvgIpc) is 2.77. The van der Waals surface area contributed by atoms with Crippen LogP contribution in [0.2, 0.25) is 0 Å². The minimum Gasteiger partial charge on any atom is -0.480 e. The van der Waals surface area contributed by atoms with Crippen LogP contribution in [0.1, 0.15) is 5.56 Å². The maximum atomic E-state index is 12.7. The van der Waals surface area contributed by atoms with E-state index in [4.69, 9.17) is 10.4 Å². The molecule has 2 atom stereocenters. The number of sulfonamides is 1. The first-order valence-electron chi connectivity index (χ1n) is 6.69. The minimum atomic E-state index is -4.42. The molecule has 24 heavy (non-hydrogen) atoms. The van der Waals surface area contributed by atoms with Crippen molar-refractivity contribution in [2.24, 2.45) is 0 Å². The van der Waals surface area contributed by atoms with Gasteiger partial charge in [-0.2, -0.15) is 9.57 Å². The molecular weight excluding hydrogens is 360 g/mol. The van der Waals surface area contributed by atoms with Crippen molar-refractivity contribution >= 4 is 25.8 Å². The second kappa shape index (κ2) is 6.48. The number of aliphatic hydroxyl groups is 1. The standard InChI is InChI=1S/C13H14N2O7S2/c14-5-9-2-1-3-10(4-9)24(21,22)15(6-13(17)18)11-7-23(19,20)8-12(11)16/h1-4,11-12,16H,6-8H2,(H,17,18)/t11-,12+/m0/s1. The molecule has 130 valence electrons. The average molecular weight is 374 g/mol. The quantitative estimate of drug-likeness (QED) is 0.651. The lowest BCUT2D eigenvalue weighted by Crippen LogP contribution is -2.48. The Balaban J connectivity index is 2.51. The Labute approximate surface area is 138 Å². The van der Waals surface area contributed by atoms with Crippen LogP contribution >= 0.6 is 0 Å². The molecule has 0 aromatic heterocycles. The van der Waals surface area contributed by atoms with Gasteiger partial charge in [0.05, 0.1) is 40.2 Å². The number of hydrogen-bond acceptors (Lipinski definition) is 7. The number of sulfone groups is 1. The van der Waals surface area contributed by atoms with Gasteiger partial charge >= 0.3 is 5.97 Å². The molecule has 1 aromatic rings. The third kappa shape index (κ3) is 3.73. The van der Waals surface area contributed by atoms with Crippen molar-refractivity contribution in [2.45, 2.75) is 17.0 Å². The predicted octanol–water partition coefficient (Wildman–Crippen LogP) is -1.21. The Kier molecular flexibility index (Phi) is 4.95. The Morgan fingerprint density at radius 1 is 1.38 bits per heavy atom. The van der Waals surface area contributed by atoms with Crippen LogP contribution < -0.4 is 0 Å². The summed E-state index contributed by atoms with van der Waals surface area (Å²) < 4.78 is 49.2. The van der Waals surface area contributed by atoms with Gasteiger partial charge in [0.2, 0.25) is 10.0 Å². The lowest BCUT2D eigenvalue weighted by molar-refractivity contribution is -0.137. The number of nitrogens with zero attached hydrogens (tertiary/aromatic N) is 2. The molecule has 0 bridgehead atoms. The Bertz CT molecular complexity index is 902. The van der Waals surface area contributed by atoms with Crippen LogP contribution in [0.25, 0.3) is 0 Å². The van der Waals surface area contributed by atoms with Gasteiger partial charge in [0.15, 0.2) is 9.84 Å². The Morgan fingerprint density at radius 3 is 2.54 bits per heavy atom. The number of hydrogen-bond donors (Lipinski definition) is 2. The van der Waals surface area contributed by atoms with Crippen LogP contribution in [-0.2, 0) is 24.7 Å². The van der Waals surface area contributed by atoms with E-state index in [9.17, 15) is 26.7 Å². The Morgan fingerprint density at radius 2 is 2.04 bits per heavy atom. The van der Waals surface area contributed by atoms with Crippen LogP contribution in [0.15, 0.2) is 29.2 Å². The second-order valence-corrected chi connectivity index (χ2v) is 9.34. The minimum absolute atomic E-state index is 0.0472. The monoisotopic (exact) mass is 374 g/mol. The fourth-order valence-corrected chi connectivity index (χ4v) is 6.01. The highest BCUT2D eigenvalue weighted by atomic mass is 32.2. The van der Waals surface area contributed by atoms with Crippen LogP contribution in [0.4, 0.5) is 0 Å². The van der Waals surface area contributed by atoms with Gasteiger partial charge in [0.1, 0.15) is 6.54 Å². The normalized spacial score (nSPS) is 23.0. The van der Waals surface area contributed by atoms with E-state index in [1.807, 2.05) is 0 Å². The topological polar surface area (TPSA) is 153 Å². The first-order chi connectivity index (χ1) is 11.1. The summed E-state index contributed by atoms with van der Waals surface area (Å²) in [7, 11) is -8.10. The molecular formula is C13H14N2O7S2. The van der Waals surface area contributed by atoms with Gasteiger partial charge in [-0.15, -0.1) is 0 Å². The molecule has 1 aliphatic rings. The number of carboxylic acids is 1. The lowest BCUT2D eigenvalue weighted by Gasteiger charge is -2.27. The van der Waals surface area contributed by atoms with Gasteiger partial charge in [-0.25, -0.2) is 16.8 Å². The summed E-state index contributed by atoms with van der Waals surface area (Å²) in [4.78, 5) is 10.7. The van der Waals surface area contributed by atoms with E-state index in [0.29, 0.717) is 4.31 Å². The van der Waals surface area contributed by atoms with Gasteiger partial charge in [-0.3, -0.25) is 4.79 Å². The number of carboxylic acid groups (broad SMARTS) is 1. The van der Waals surface area contributed by atoms with E-state index >= 15 is 0 Å². The highest BCUT2D eigenvalue weighted by Gasteiger charge is 2.45. The second-order valence-electron chi connectivity index (χ2n) is 5.30. The molecule has 0 unspecified atom stereocenters. The summed E-state index contributed by atoms with van der Waals surface area (Å²) >= 11 is 0. The molecule has 1 saturated heterocycles. The fraction of sp³-hybridized carbons (Fsp3) is 0.385. The van der Waals surface area contributed by atoms with E-state index in [1.54, 1.807) is 6.07 Å². The molecule has 1 fully saturated rings. The molecule has 1 aromatic carbocycles. The summed E-state index contributed by atoms with van der Waals surface area (Å²) in [6.07, 6.45) is -1.52. The van der Waals surface area contributed by atoms with E-state index in [1.165, 1.54) is 18.2 Å². The number of aliphatic hydroxyl groups excluding tert-OH is 1. The molecule has 9 nitrogen and oxygen atoms in total. The van der Waals surface area contributed by atoms with Crippen molar-refractivity contribution < 1.29 is 31.8 Å². The SMILES string of the molecule is N#Cc1cccc(S(=O)(=O)N(CC(=O)O)[C@H]2CS(=O)(=O)C[C@H]2O)c1. The van der Waals surface area contributed by atoms with Crippen molar-refractivity contribution in [2.75, 3.05) is 18.1 Å². The van der Waals surface area contributed by atoms with Crippen molar-refractivity contribution in [1.29, 1.82) is 5.26 Å². The number of nitriles is 1. The molecule has 2 rings (SSSR count). The molecule has 11 heteroatoms. The first kappa shape index (κ1) is 18.3. The molecule has 0 spiro atoms. The maximum Gasteiger partial charge on any atom is 0.318 e. The van der Waals surface area contributed by atoms with Crippen LogP contribution in [-0.4, -0.2) is 67.5 Å². The summed E-state index contributed by atoms with van der Waals surface area (Å²) in [6, 6.07) is 5.27. The molecule has 0 aliphatic carbocycles.